The highest BCUT2D eigenvalue weighted by Crippen LogP contribution is 2.26. The van der Waals surface area contributed by atoms with Crippen molar-refractivity contribution >= 4 is 35.2 Å². The summed E-state index contributed by atoms with van der Waals surface area (Å²) in [5.74, 6) is -1.53. The van der Waals surface area contributed by atoms with Gasteiger partial charge in [0, 0.05) is 18.8 Å². The second kappa shape index (κ2) is 8.09. The van der Waals surface area contributed by atoms with Crippen LogP contribution in [0.3, 0.4) is 0 Å². The predicted molar refractivity (Wildman–Crippen MR) is 101 cm³/mol. The molecule has 1 saturated heterocycles. The molecule has 0 unspecified atom stereocenters. The molecule has 2 aromatic rings. The normalized spacial score (nSPS) is 14.6. The van der Waals surface area contributed by atoms with Crippen molar-refractivity contribution in [2.24, 2.45) is 0 Å². The fraction of sp³-hybridized carbons (Fsp3) is 0.211. The molecule has 3 N–H and O–H groups in total. The molecule has 0 spiro atoms. The minimum atomic E-state index is -1.03. The smallest absolute Gasteiger partial charge is 0.321 e. The summed E-state index contributed by atoms with van der Waals surface area (Å²) >= 11 is 6.17. The minimum Gasteiger partial charge on any atom is -0.481 e. The summed E-state index contributed by atoms with van der Waals surface area (Å²) in [7, 11) is 0. The Morgan fingerprint density at radius 3 is 2.59 bits per heavy atom. The monoisotopic (exact) mass is 387 g/mol. The van der Waals surface area contributed by atoms with E-state index in [4.69, 9.17) is 11.6 Å². The molecular formula is C19H18ClN3O4. The highest BCUT2D eigenvalue weighted by atomic mass is 35.5. The van der Waals surface area contributed by atoms with E-state index in [1.807, 2.05) is 6.07 Å². The molecule has 1 atom stereocenters. The van der Waals surface area contributed by atoms with E-state index in [1.165, 1.54) is 11.0 Å². The van der Waals surface area contributed by atoms with Crippen LogP contribution in [0.2, 0.25) is 5.02 Å². The van der Waals surface area contributed by atoms with Crippen molar-refractivity contribution in [2.45, 2.75) is 12.5 Å². The summed E-state index contributed by atoms with van der Waals surface area (Å²) in [5.41, 5.74) is 1.41. The van der Waals surface area contributed by atoms with Gasteiger partial charge in [-0.05, 0) is 23.8 Å². The second-order valence-corrected chi connectivity index (χ2v) is 6.49. The molecule has 27 heavy (non-hydrogen) atoms. The predicted octanol–water partition coefficient (Wildman–Crippen LogP) is 2.82. The van der Waals surface area contributed by atoms with Gasteiger partial charge in [-0.3, -0.25) is 14.5 Å². The van der Waals surface area contributed by atoms with Gasteiger partial charge < -0.3 is 15.7 Å². The van der Waals surface area contributed by atoms with Gasteiger partial charge in [0.25, 0.3) is 5.91 Å². The first-order valence-electron chi connectivity index (χ1n) is 8.38. The Labute approximate surface area is 160 Å². The molecule has 7 nitrogen and oxygen atoms in total. The molecule has 1 heterocycles. The molecule has 0 aromatic heterocycles. The average molecular weight is 388 g/mol. The number of rotatable bonds is 6. The number of carboxylic acids is 1. The molecule has 8 heteroatoms. The number of halogens is 1. The maximum Gasteiger partial charge on any atom is 0.321 e. The average Bonchev–Trinajstić information content (AvgIpc) is 3.08. The molecule has 0 aliphatic carbocycles. The lowest BCUT2D eigenvalue weighted by Crippen LogP contribution is -2.31. The number of benzene rings is 2. The van der Waals surface area contributed by atoms with E-state index in [1.54, 1.807) is 36.4 Å². The summed E-state index contributed by atoms with van der Waals surface area (Å²) in [6.07, 6.45) is -0.262. The Hall–Kier alpha value is -3.06. The van der Waals surface area contributed by atoms with Crippen LogP contribution in [0.15, 0.2) is 48.5 Å². The van der Waals surface area contributed by atoms with Gasteiger partial charge in [0.2, 0.25) is 0 Å². The van der Waals surface area contributed by atoms with E-state index in [0.29, 0.717) is 24.3 Å². The lowest BCUT2D eigenvalue weighted by molar-refractivity contribution is -0.137. The number of carboxylic acid groups (broad SMARTS) is 1. The van der Waals surface area contributed by atoms with Crippen molar-refractivity contribution < 1.29 is 19.5 Å². The minimum absolute atomic E-state index is 0.181. The van der Waals surface area contributed by atoms with Crippen LogP contribution in [0.1, 0.15) is 28.4 Å². The van der Waals surface area contributed by atoms with Crippen LogP contribution < -0.4 is 15.5 Å². The van der Waals surface area contributed by atoms with Crippen LogP contribution in [0, 0.1) is 0 Å². The zero-order valence-corrected chi connectivity index (χ0v) is 15.1. The molecular weight excluding hydrogens is 370 g/mol. The number of urea groups is 1. The molecule has 0 radical (unpaired) electrons. The topological polar surface area (TPSA) is 98.7 Å². The molecule has 3 amide bonds. The third-order valence-corrected chi connectivity index (χ3v) is 4.58. The van der Waals surface area contributed by atoms with Gasteiger partial charge in [-0.1, -0.05) is 41.9 Å². The van der Waals surface area contributed by atoms with Crippen LogP contribution in [0.4, 0.5) is 10.5 Å². The fourth-order valence-corrected chi connectivity index (χ4v) is 3.12. The molecule has 0 saturated carbocycles. The first-order valence-corrected chi connectivity index (χ1v) is 8.76. The van der Waals surface area contributed by atoms with E-state index < -0.39 is 17.9 Å². The van der Waals surface area contributed by atoms with Gasteiger partial charge >= 0.3 is 12.0 Å². The number of hydrogen-bond acceptors (Lipinski definition) is 3. The standard InChI is InChI=1S/C19H18ClN3O4/c20-15-7-6-13(23-9-8-21-19(23)27)10-14(15)18(26)22-16(11-17(24)25)12-4-2-1-3-5-12/h1-7,10,16H,8-9,11H2,(H,21,27)(H,22,26)(H,24,25)/t16-/m0/s1. The van der Waals surface area contributed by atoms with Crippen molar-refractivity contribution in [3.63, 3.8) is 0 Å². The first kappa shape index (κ1) is 18.7. The third kappa shape index (κ3) is 4.38. The van der Waals surface area contributed by atoms with Crippen molar-refractivity contribution in [1.82, 2.24) is 10.6 Å². The van der Waals surface area contributed by atoms with Gasteiger partial charge in [-0.15, -0.1) is 0 Å². The molecule has 0 bridgehead atoms. The van der Waals surface area contributed by atoms with Crippen molar-refractivity contribution in [2.75, 3.05) is 18.0 Å². The van der Waals surface area contributed by atoms with Crippen LogP contribution in [0.5, 0.6) is 0 Å². The van der Waals surface area contributed by atoms with E-state index in [2.05, 4.69) is 10.6 Å². The van der Waals surface area contributed by atoms with Crippen molar-refractivity contribution in [1.29, 1.82) is 0 Å². The molecule has 3 rings (SSSR count). The second-order valence-electron chi connectivity index (χ2n) is 6.08. The molecule has 2 aromatic carbocycles. The molecule has 1 aliphatic heterocycles. The fourth-order valence-electron chi connectivity index (χ4n) is 2.92. The summed E-state index contributed by atoms with van der Waals surface area (Å²) in [4.78, 5) is 37.3. The largest absolute Gasteiger partial charge is 0.481 e. The summed E-state index contributed by atoms with van der Waals surface area (Å²) in [6.45, 7) is 1.02. The zero-order valence-electron chi connectivity index (χ0n) is 14.3. The van der Waals surface area contributed by atoms with Gasteiger partial charge in [0.15, 0.2) is 0 Å². The zero-order chi connectivity index (χ0) is 19.4. The number of anilines is 1. The Kier molecular flexibility index (Phi) is 5.61. The third-order valence-electron chi connectivity index (χ3n) is 4.25. The van der Waals surface area contributed by atoms with E-state index in [0.717, 1.165) is 0 Å². The molecule has 1 aliphatic rings. The highest BCUT2D eigenvalue weighted by molar-refractivity contribution is 6.34. The van der Waals surface area contributed by atoms with E-state index in [-0.39, 0.29) is 23.0 Å². The number of amides is 3. The first-order chi connectivity index (χ1) is 13.0. The number of nitrogens with zero attached hydrogens (tertiary/aromatic N) is 1. The van der Waals surface area contributed by atoms with Crippen LogP contribution >= 0.6 is 11.6 Å². The number of hydrogen-bond donors (Lipinski definition) is 3. The summed E-state index contributed by atoms with van der Waals surface area (Å²) < 4.78 is 0. The summed E-state index contributed by atoms with van der Waals surface area (Å²) in [6, 6.07) is 12.7. The molecule has 140 valence electrons. The SMILES string of the molecule is O=C(O)C[C@H](NC(=O)c1cc(N2CCNC2=O)ccc1Cl)c1ccccc1. The Morgan fingerprint density at radius 2 is 1.96 bits per heavy atom. The number of carbonyl (C=O) groups is 3. The van der Waals surface area contributed by atoms with Gasteiger partial charge in [-0.25, -0.2) is 4.79 Å². The Morgan fingerprint density at radius 1 is 1.22 bits per heavy atom. The van der Waals surface area contributed by atoms with E-state index in [9.17, 15) is 19.5 Å². The van der Waals surface area contributed by atoms with Crippen LogP contribution in [-0.2, 0) is 4.79 Å². The van der Waals surface area contributed by atoms with Gasteiger partial charge in [0.05, 0.1) is 23.0 Å². The lowest BCUT2D eigenvalue weighted by Gasteiger charge is -2.19. The highest BCUT2D eigenvalue weighted by Gasteiger charge is 2.24. The maximum absolute atomic E-state index is 12.8. The summed E-state index contributed by atoms with van der Waals surface area (Å²) in [5, 5.41) is 14.8. The van der Waals surface area contributed by atoms with Crippen molar-refractivity contribution in [3.8, 4) is 0 Å². The van der Waals surface area contributed by atoms with E-state index >= 15 is 0 Å². The Bertz CT molecular complexity index is 873. The van der Waals surface area contributed by atoms with Gasteiger partial charge in [0.1, 0.15) is 0 Å². The number of nitrogens with one attached hydrogen (secondary N) is 2. The van der Waals surface area contributed by atoms with Gasteiger partial charge in [-0.2, -0.15) is 0 Å². The quantitative estimate of drug-likeness (QED) is 0.709. The number of carbonyl (C=O) groups excluding carboxylic acids is 2. The lowest BCUT2D eigenvalue weighted by atomic mass is 10.0. The van der Waals surface area contributed by atoms with Crippen LogP contribution in [-0.4, -0.2) is 36.1 Å². The van der Waals surface area contributed by atoms with Crippen LogP contribution in [0.25, 0.3) is 0 Å². The maximum atomic E-state index is 12.8. The Balaban J connectivity index is 1.85. The number of aliphatic carboxylic acids is 1. The van der Waals surface area contributed by atoms with Crippen molar-refractivity contribution in [3.05, 3.63) is 64.7 Å². The molecule has 1 fully saturated rings.